The van der Waals surface area contributed by atoms with Crippen molar-refractivity contribution in [2.45, 2.75) is 0 Å². The van der Waals surface area contributed by atoms with E-state index in [2.05, 4.69) is 30.3 Å². The Morgan fingerprint density at radius 1 is 0.692 bits per heavy atom. The molecule has 0 saturated heterocycles. The number of hydrogen-bond donors (Lipinski definition) is 0. The molecule has 13 heavy (non-hydrogen) atoms. The molecule has 0 unspecified atom stereocenters. The summed E-state index contributed by atoms with van der Waals surface area (Å²) in [7, 11) is 0. The van der Waals surface area contributed by atoms with Gasteiger partial charge in [0.25, 0.3) is 0 Å². The molecular formula is C12H9Ir+2. The maximum Gasteiger partial charge on any atom is 3.00 e. The van der Waals surface area contributed by atoms with Crippen LogP contribution in [0.25, 0.3) is 11.1 Å². The van der Waals surface area contributed by atoms with E-state index >= 15 is 0 Å². The molecule has 0 aliphatic carbocycles. The van der Waals surface area contributed by atoms with E-state index in [1.165, 1.54) is 11.1 Å². The van der Waals surface area contributed by atoms with Crippen LogP contribution in [0.3, 0.4) is 0 Å². The van der Waals surface area contributed by atoms with Gasteiger partial charge in [-0.2, -0.15) is 30.3 Å². The fraction of sp³-hybridized carbons (Fsp3) is 0. The zero-order chi connectivity index (χ0) is 8.23. The third-order valence-corrected chi connectivity index (χ3v) is 1.83. The van der Waals surface area contributed by atoms with Gasteiger partial charge in [-0.3, -0.25) is 0 Å². The van der Waals surface area contributed by atoms with Crippen molar-refractivity contribution in [2.24, 2.45) is 0 Å². The van der Waals surface area contributed by atoms with Crippen molar-refractivity contribution in [3.63, 3.8) is 0 Å². The summed E-state index contributed by atoms with van der Waals surface area (Å²) in [5, 5.41) is 0. The van der Waals surface area contributed by atoms with Crippen LogP contribution in [-0.2, 0) is 20.1 Å². The Morgan fingerprint density at radius 2 is 1.23 bits per heavy atom. The molecule has 0 aliphatic rings. The second-order valence-electron chi connectivity index (χ2n) is 2.65. The van der Waals surface area contributed by atoms with E-state index in [4.69, 9.17) is 0 Å². The fourth-order valence-electron chi connectivity index (χ4n) is 1.21. The Kier molecular flexibility index (Phi) is 3.88. The van der Waals surface area contributed by atoms with Gasteiger partial charge in [-0.1, -0.05) is 30.3 Å². The van der Waals surface area contributed by atoms with Crippen LogP contribution < -0.4 is 0 Å². The summed E-state index contributed by atoms with van der Waals surface area (Å²) >= 11 is 0. The van der Waals surface area contributed by atoms with Crippen molar-refractivity contribution in [1.82, 2.24) is 0 Å². The van der Waals surface area contributed by atoms with Crippen LogP contribution in [0, 0.1) is 6.07 Å². The molecular weight excluding hydrogens is 336 g/mol. The first-order chi connectivity index (χ1) is 5.97. The second-order valence-corrected chi connectivity index (χ2v) is 2.65. The Balaban J connectivity index is 0.000000845. The molecule has 2 rings (SSSR count). The smallest absolute Gasteiger partial charge is 0.184 e. The summed E-state index contributed by atoms with van der Waals surface area (Å²) in [6, 6.07) is 21.3. The molecule has 0 fully saturated rings. The largest absolute Gasteiger partial charge is 3.00 e. The van der Waals surface area contributed by atoms with Crippen LogP contribution in [0.2, 0.25) is 0 Å². The zero-order valence-corrected chi connectivity index (χ0v) is 9.42. The summed E-state index contributed by atoms with van der Waals surface area (Å²) < 4.78 is 0. The molecule has 0 heterocycles. The molecule has 1 heteroatoms. The molecule has 0 atom stereocenters. The minimum absolute atomic E-state index is 0. The molecule has 64 valence electrons. The van der Waals surface area contributed by atoms with Gasteiger partial charge in [0, 0.05) is 0 Å². The third-order valence-electron chi connectivity index (χ3n) is 1.83. The summed E-state index contributed by atoms with van der Waals surface area (Å²) in [4.78, 5) is 0. The first-order valence-corrected chi connectivity index (χ1v) is 3.98. The van der Waals surface area contributed by atoms with Gasteiger partial charge in [0.05, 0.1) is 0 Å². The van der Waals surface area contributed by atoms with E-state index < -0.39 is 0 Å². The maximum atomic E-state index is 3.00. The predicted octanol–water partition coefficient (Wildman–Crippen LogP) is 3.15. The second kappa shape index (κ2) is 4.96. The van der Waals surface area contributed by atoms with Crippen LogP contribution in [-0.4, -0.2) is 0 Å². The van der Waals surface area contributed by atoms with Gasteiger partial charge < -0.3 is 0 Å². The summed E-state index contributed by atoms with van der Waals surface area (Å²) in [5.41, 5.74) is 2.50. The van der Waals surface area contributed by atoms with Crippen LogP contribution in [0.1, 0.15) is 0 Å². The Bertz CT molecular complexity index is 303. The first kappa shape index (κ1) is 10.2. The molecule has 0 bridgehead atoms. The average Bonchev–Trinajstić information content (AvgIpc) is 2.21. The van der Waals surface area contributed by atoms with Crippen molar-refractivity contribution in [3.8, 4) is 11.1 Å². The molecule has 0 saturated carbocycles. The van der Waals surface area contributed by atoms with Crippen LogP contribution in [0.15, 0.2) is 54.6 Å². The molecule has 0 radical (unpaired) electrons. The fourth-order valence-corrected chi connectivity index (χ4v) is 1.21. The number of hydrogen-bond acceptors (Lipinski definition) is 0. The number of rotatable bonds is 1. The predicted molar refractivity (Wildman–Crippen MR) is 50.7 cm³/mol. The van der Waals surface area contributed by atoms with Gasteiger partial charge in [-0.05, 0) is 5.56 Å². The van der Waals surface area contributed by atoms with E-state index in [0.717, 1.165) is 0 Å². The van der Waals surface area contributed by atoms with E-state index in [1.807, 2.05) is 30.3 Å². The molecule has 0 aliphatic heterocycles. The van der Waals surface area contributed by atoms with Crippen LogP contribution in [0.4, 0.5) is 0 Å². The van der Waals surface area contributed by atoms with Gasteiger partial charge in [-0.15, -0.1) is 5.56 Å². The number of benzene rings is 2. The van der Waals surface area contributed by atoms with E-state index in [0.29, 0.717) is 0 Å². The zero-order valence-electron chi connectivity index (χ0n) is 7.03. The summed E-state index contributed by atoms with van der Waals surface area (Å²) in [6.45, 7) is 0. The Hall–Kier alpha value is -0.911. The minimum Gasteiger partial charge on any atom is -0.184 e. The van der Waals surface area contributed by atoms with Gasteiger partial charge in [0.15, 0.2) is 0 Å². The van der Waals surface area contributed by atoms with Gasteiger partial charge in [-0.25, -0.2) is 0 Å². The normalized spacial score (nSPS) is 8.92. The first-order valence-electron chi connectivity index (χ1n) is 3.98. The molecule has 0 N–H and O–H groups in total. The molecule has 0 spiro atoms. The van der Waals surface area contributed by atoms with Crippen molar-refractivity contribution in [3.05, 3.63) is 60.7 Å². The van der Waals surface area contributed by atoms with Gasteiger partial charge in [0.2, 0.25) is 0 Å². The van der Waals surface area contributed by atoms with Crippen molar-refractivity contribution in [2.75, 3.05) is 0 Å². The van der Waals surface area contributed by atoms with E-state index in [1.54, 1.807) is 0 Å². The van der Waals surface area contributed by atoms with E-state index in [-0.39, 0.29) is 20.1 Å². The average molecular weight is 345 g/mol. The topological polar surface area (TPSA) is 0 Å². The SMILES string of the molecule is [Ir+3].[c-]1ccc(-c2ccccc2)cc1. The molecule has 0 aromatic heterocycles. The summed E-state index contributed by atoms with van der Waals surface area (Å²) in [5.74, 6) is 0. The molecule has 2 aromatic carbocycles. The van der Waals surface area contributed by atoms with Crippen LogP contribution >= 0.6 is 0 Å². The van der Waals surface area contributed by atoms with Gasteiger partial charge >= 0.3 is 20.1 Å². The van der Waals surface area contributed by atoms with E-state index in [9.17, 15) is 0 Å². The van der Waals surface area contributed by atoms with Crippen molar-refractivity contribution in [1.29, 1.82) is 0 Å². The molecule has 0 nitrogen and oxygen atoms in total. The maximum absolute atomic E-state index is 3.00. The van der Waals surface area contributed by atoms with Gasteiger partial charge in [0.1, 0.15) is 0 Å². The van der Waals surface area contributed by atoms with Crippen LogP contribution in [0.5, 0.6) is 0 Å². The monoisotopic (exact) mass is 346 g/mol. The van der Waals surface area contributed by atoms with Crippen molar-refractivity contribution >= 4 is 0 Å². The quantitative estimate of drug-likeness (QED) is 0.697. The molecule has 0 amide bonds. The summed E-state index contributed by atoms with van der Waals surface area (Å²) in [6.07, 6.45) is 0. The Morgan fingerprint density at radius 3 is 1.85 bits per heavy atom. The third kappa shape index (κ3) is 2.51. The Labute approximate surface area is 92.0 Å². The standard InChI is InChI=1S/C12H9.Ir/c1-3-7-11(8-4-1)12-9-5-2-6-10-12;/h1,3-10H;/q-1;+3. The molecule has 2 aromatic rings. The minimum atomic E-state index is 0. The van der Waals surface area contributed by atoms with Crippen molar-refractivity contribution < 1.29 is 20.1 Å².